The van der Waals surface area contributed by atoms with Crippen LogP contribution in [0.15, 0.2) is 0 Å². The van der Waals surface area contributed by atoms with E-state index < -0.39 is 7.82 Å². The monoisotopic (exact) mass is 443 g/mol. The molecule has 0 aliphatic rings. The van der Waals surface area contributed by atoms with Crippen molar-refractivity contribution in [3.63, 3.8) is 0 Å². The summed E-state index contributed by atoms with van der Waals surface area (Å²) in [7, 11) is 14.7. The van der Waals surface area contributed by atoms with E-state index in [0.29, 0.717) is 0 Å². The molecule has 0 amide bonds. The second kappa shape index (κ2) is 18.7. The van der Waals surface area contributed by atoms with E-state index in [0.717, 1.165) is 13.4 Å². The summed E-state index contributed by atoms with van der Waals surface area (Å²) in [6.45, 7) is 10.6. The van der Waals surface area contributed by atoms with Crippen molar-refractivity contribution in [1.29, 1.82) is 0 Å². The van der Waals surface area contributed by atoms with Crippen LogP contribution in [-0.4, -0.2) is 96.5 Å². The molecule has 0 N–H and O–H groups in total. The largest absolute Gasteiger partial charge is 0.822 e. The van der Waals surface area contributed by atoms with E-state index in [2.05, 4.69) is 84.2 Å². The minimum atomic E-state index is -5.39. The predicted octanol–water partition coefficient (Wildman–Crippen LogP) is 1.65. The lowest BCUT2D eigenvalue weighted by atomic mass is 10.3. The molecule has 0 fully saturated rings. The maximum atomic E-state index is 8.55. The Morgan fingerprint density at radius 2 is 0.655 bits per heavy atom. The van der Waals surface area contributed by atoms with Gasteiger partial charge in [-0.25, -0.2) is 0 Å². The molecule has 0 saturated carbocycles. The summed E-state index contributed by atoms with van der Waals surface area (Å²) in [5.74, 6) is 0. The van der Waals surface area contributed by atoms with Crippen molar-refractivity contribution < 1.29 is 32.7 Å². The van der Waals surface area contributed by atoms with E-state index in [9.17, 15) is 0 Å². The lowest BCUT2D eigenvalue weighted by Gasteiger charge is -2.36. The van der Waals surface area contributed by atoms with Gasteiger partial charge in [-0.15, -0.1) is 0 Å². The molecule has 0 saturated heterocycles. The lowest BCUT2D eigenvalue weighted by molar-refractivity contribution is -0.870. The average Bonchev–Trinajstić information content (AvgIpc) is 2.46. The minimum Gasteiger partial charge on any atom is -0.822 e. The van der Waals surface area contributed by atoms with Crippen LogP contribution in [0.3, 0.4) is 0 Å². The van der Waals surface area contributed by atoms with Crippen molar-refractivity contribution >= 4 is 7.82 Å². The standard InChI is InChI=1S/3C7H18N.H3O4P/c3*1-5-6-7-8(2,3)4;1-5(2,3)4/h3*5-7H2,1-4H3;(H3,1,2,3,4)/q3*+1;/p-3. The topological polar surface area (TPSA) is 86.2 Å². The Morgan fingerprint density at radius 1 is 0.517 bits per heavy atom. The third-order valence-electron chi connectivity index (χ3n) is 3.55. The third kappa shape index (κ3) is 84.1. The number of hydrogen-bond donors (Lipinski definition) is 0. The first-order valence-corrected chi connectivity index (χ1v) is 12.3. The van der Waals surface area contributed by atoms with Gasteiger partial charge in [0, 0.05) is 0 Å². The van der Waals surface area contributed by atoms with Crippen LogP contribution in [0.4, 0.5) is 0 Å². The van der Waals surface area contributed by atoms with E-state index in [1.54, 1.807) is 0 Å². The van der Waals surface area contributed by atoms with Crippen LogP contribution in [0.2, 0.25) is 0 Å². The molecule has 0 aromatic rings. The highest BCUT2D eigenvalue weighted by Crippen LogP contribution is 2.03. The van der Waals surface area contributed by atoms with Gasteiger partial charge in [0.15, 0.2) is 0 Å². The molecule has 0 aliphatic heterocycles. The highest BCUT2D eigenvalue weighted by atomic mass is 31.2. The molecule has 0 unspecified atom stereocenters. The second-order valence-corrected chi connectivity index (χ2v) is 11.4. The number of unbranched alkanes of at least 4 members (excludes halogenated alkanes) is 3. The highest BCUT2D eigenvalue weighted by Gasteiger charge is 2.04. The van der Waals surface area contributed by atoms with Gasteiger partial charge in [0.1, 0.15) is 0 Å². The van der Waals surface area contributed by atoms with Gasteiger partial charge in [0.25, 0.3) is 0 Å². The molecule has 0 spiro atoms. The molecular weight excluding hydrogens is 389 g/mol. The molecule has 8 heteroatoms. The lowest BCUT2D eigenvalue weighted by Crippen LogP contribution is -2.35. The van der Waals surface area contributed by atoms with Gasteiger partial charge >= 0.3 is 0 Å². The molecule has 0 bridgehead atoms. The number of hydrogen-bond acceptors (Lipinski definition) is 4. The molecule has 0 aromatic heterocycles. The van der Waals surface area contributed by atoms with Crippen LogP contribution in [-0.2, 0) is 4.57 Å². The number of quaternary nitrogens is 3. The van der Waals surface area contributed by atoms with E-state index in [1.165, 1.54) is 58.2 Å². The van der Waals surface area contributed by atoms with Crippen molar-refractivity contribution in [1.82, 2.24) is 0 Å². The Bertz CT molecular complexity index is 330. The Labute approximate surface area is 183 Å². The van der Waals surface area contributed by atoms with Crippen molar-refractivity contribution in [2.45, 2.75) is 59.3 Å². The van der Waals surface area contributed by atoms with Gasteiger partial charge in [-0.1, -0.05) is 40.0 Å². The summed E-state index contributed by atoms with van der Waals surface area (Å²) in [4.78, 5) is 25.6. The van der Waals surface area contributed by atoms with E-state index in [-0.39, 0.29) is 0 Å². The van der Waals surface area contributed by atoms with Crippen LogP contribution in [0.5, 0.6) is 0 Å². The summed E-state index contributed by atoms with van der Waals surface area (Å²) in [5.41, 5.74) is 0. The molecule has 0 heterocycles. The molecule has 182 valence electrons. The Kier molecular flexibility index (Phi) is 23.5. The predicted molar refractivity (Wildman–Crippen MR) is 121 cm³/mol. The van der Waals surface area contributed by atoms with Gasteiger partial charge in [0.05, 0.1) is 83.1 Å². The van der Waals surface area contributed by atoms with Crippen LogP contribution < -0.4 is 14.7 Å². The molecule has 0 rings (SSSR count). The fourth-order valence-electron chi connectivity index (χ4n) is 1.90. The summed E-state index contributed by atoms with van der Waals surface area (Å²) < 4.78 is 11.9. The number of nitrogens with zero attached hydrogens (tertiary/aromatic N) is 3. The van der Waals surface area contributed by atoms with Gasteiger partial charge in [-0.05, 0) is 19.3 Å². The van der Waals surface area contributed by atoms with Crippen molar-refractivity contribution in [2.75, 3.05) is 83.1 Å². The fourth-order valence-corrected chi connectivity index (χ4v) is 1.90. The first-order chi connectivity index (χ1) is 12.7. The zero-order valence-corrected chi connectivity index (χ0v) is 22.7. The maximum absolute atomic E-state index is 8.55. The molecule has 7 nitrogen and oxygen atoms in total. The Balaban J connectivity index is -0.000000146. The van der Waals surface area contributed by atoms with Crippen LogP contribution in [0, 0.1) is 0 Å². The zero-order chi connectivity index (χ0) is 24.4. The molecular formula is C21H54N3O4P. The van der Waals surface area contributed by atoms with Crippen LogP contribution in [0.1, 0.15) is 59.3 Å². The molecule has 0 aromatic carbocycles. The fraction of sp³-hybridized carbons (Fsp3) is 1.00. The molecule has 29 heavy (non-hydrogen) atoms. The van der Waals surface area contributed by atoms with Gasteiger partial charge < -0.3 is 32.7 Å². The summed E-state index contributed by atoms with van der Waals surface area (Å²) in [6, 6.07) is 0. The zero-order valence-electron chi connectivity index (χ0n) is 21.8. The van der Waals surface area contributed by atoms with Crippen molar-refractivity contribution in [2.24, 2.45) is 0 Å². The molecule has 0 atom stereocenters. The summed E-state index contributed by atoms with van der Waals surface area (Å²) >= 11 is 0. The van der Waals surface area contributed by atoms with Crippen molar-refractivity contribution in [3.05, 3.63) is 0 Å². The van der Waals surface area contributed by atoms with E-state index in [4.69, 9.17) is 19.2 Å². The van der Waals surface area contributed by atoms with Gasteiger partial charge in [-0.3, -0.25) is 0 Å². The quantitative estimate of drug-likeness (QED) is 0.401. The first-order valence-electron chi connectivity index (χ1n) is 10.8. The minimum absolute atomic E-state index is 1.10. The smallest absolute Gasteiger partial charge is 0.0780 e. The third-order valence-corrected chi connectivity index (χ3v) is 3.55. The van der Waals surface area contributed by atoms with Gasteiger partial charge in [0.2, 0.25) is 0 Å². The van der Waals surface area contributed by atoms with Gasteiger partial charge in [-0.2, -0.15) is 7.82 Å². The maximum Gasteiger partial charge on any atom is 0.0780 e. The Hall–Kier alpha value is -0.0100. The Morgan fingerprint density at radius 3 is 0.690 bits per heavy atom. The first kappa shape index (κ1) is 36.4. The summed E-state index contributed by atoms with van der Waals surface area (Å²) in [6.07, 6.45) is 8.00. The summed E-state index contributed by atoms with van der Waals surface area (Å²) in [5, 5.41) is 0. The van der Waals surface area contributed by atoms with E-state index in [1.807, 2.05) is 0 Å². The molecule has 0 aliphatic carbocycles. The van der Waals surface area contributed by atoms with Crippen molar-refractivity contribution in [3.8, 4) is 0 Å². The second-order valence-electron chi connectivity index (χ2n) is 10.5. The van der Waals surface area contributed by atoms with Crippen LogP contribution in [0.25, 0.3) is 0 Å². The molecule has 0 radical (unpaired) electrons. The highest BCUT2D eigenvalue weighted by molar-refractivity contribution is 7.40. The average molecular weight is 444 g/mol. The van der Waals surface area contributed by atoms with Crippen LogP contribution >= 0.6 is 7.82 Å². The number of phosphoric acid groups is 1. The number of rotatable bonds is 9. The normalized spacial score (nSPS) is 12.0. The van der Waals surface area contributed by atoms with E-state index >= 15 is 0 Å². The SMILES string of the molecule is CCCC[N+](C)(C)C.CCCC[N+](C)(C)C.CCCC[N+](C)(C)C.O=P([O-])([O-])[O-].